The lowest BCUT2D eigenvalue weighted by Crippen LogP contribution is -2.07. The largest absolute Gasteiger partial charge is 0.389 e. The van der Waals surface area contributed by atoms with Gasteiger partial charge in [-0.3, -0.25) is 10.1 Å². The van der Waals surface area contributed by atoms with Gasteiger partial charge in [0.2, 0.25) is 0 Å². The Hall–Kier alpha value is -2.28. The van der Waals surface area contributed by atoms with Crippen molar-refractivity contribution in [1.29, 1.82) is 0 Å². The number of hydrogen-bond donors (Lipinski definition) is 1. The Balaban J connectivity index is 2.63. The summed E-state index contributed by atoms with van der Waals surface area (Å²) in [4.78, 5) is 15.2. The van der Waals surface area contributed by atoms with E-state index in [-0.39, 0.29) is 5.69 Å². The Labute approximate surface area is 122 Å². The molecule has 0 unspecified atom stereocenters. The SMILES string of the molecule is CCc1nc(CC)n(-c2ccc([C@H](C)O)cc2[N+](=O)[O-])n1. The summed E-state index contributed by atoms with van der Waals surface area (Å²) in [5, 5.41) is 25.2. The van der Waals surface area contributed by atoms with Crippen LogP contribution in [-0.2, 0) is 12.8 Å². The lowest BCUT2D eigenvalue weighted by molar-refractivity contribution is -0.384. The smallest absolute Gasteiger partial charge is 0.295 e. The van der Waals surface area contributed by atoms with E-state index in [4.69, 9.17) is 0 Å². The number of aliphatic hydroxyl groups excluding tert-OH is 1. The topological polar surface area (TPSA) is 94.1 Å². The van der Waals surface area contributed by atoms with Crippen molar-refractivity contribution in [3.05, 3.63) is 45.5 Å². The Morgan fingerprint density at radius 2 is 2.10 bits per heavy atom. The molecule has 0 saturated carbocycles. The second kappa shape index (κ2) is 6.01. The Morgan fingerprint density at radius 3 is 2.62 bits per heavy atom. The molecule has 2 aromatic rings. The maximum Gasteiger partial charge on any atom is 0.295 e. The number of nitro benzene ring substituents is 1. The maximum absolute atomic E-state index is 11.3. The molecule has 1 heterocycles. The lowest BCUT2D eigenvalue weighted by Gasteiger charge is -2.09. The van der Waals surface area contributed by atoms with E-state index in [0.29, 0.717) is 35.7 Å². The average Bonchev–Trinajstić information content (AvgIpc) is 2.89. The fourth-order valence-corrected chi connectivity index (χ4v) is 2.09. The number of rotatable bonds is 5. The number of aliphatic hydroxyl groups is 1. The normalized spacial score (nSPS) is 12.4. The quantitative estimate of drug-likeness (QED) is 0.673. The van der Waals surface area contributed by atoms with Crippen molar-refractivity contribution in [2.24, 2.45) is 0 Å². The molecular formula is C14H18N4O3. The van der Waals surface area contributed by atoms with Crippen molar-refractivity contribution in [2.45, 2.75) is 39.7 Å². The molecule has 1 aromatic heterocycles. The molecule has 0 saturated heterocycles. The molecule has 7 nitrogen and oxygen atoms in total. The van der Waals surface area contributed by atoms with Gasteiger partial charge in [0.25, 0.3) is 5.69 Å². The molecular weight excluding hydrogens is 272 g/mol. The van der Waals surface area contributed by atoms with Gasteiger partial charge in [-0.25, -0.2) is 9.67 Å². The minimum absolute atomic E-state index is 0.0874. The van der Waals surface area contributed by atoms with Crippen LogP contribution in [0.2, 0.25) is 0 Å². The summed E-state index contributed by atoms with van der Waals surface area (Å²) in [6, 6.07) is 4.65. The summed E-state index contributed by atoms with van der Waals surface area (Å²) in [5.74, 6) is 1.33. The Bertz CT molecular complexity index is 664. The lowest BCUT2D eigenvalue weighted by atomic mass is 10.1. The molecule has 1 aromatic carbocycles. The third kappa shape index (κ3) is 2.92. The van der Waals surface area contributed by atoms with Gasteiger partial charge in [0.05, 0.1) is 11.0 Å². The predicted molar refractivity (Wildman–Crippen MR) is 77.4 cm³/mol. The molecule has 0 fully saturated rings. The van der Waals surface area contributed by atoms with Crippen LogP contribution in [0.1, 0.15) is 44.1 Å². The number of aryl methyl sites for hydroxylation is 2. The second-order valence-electron chi connectivity index (χ2n) is 4.74. The molecule has 0 radical (unpaired) electrons. The van der Waals surface area contributed by atoms with Crippen molar-refractivity contribution in [2.75, 3.05) is 0 Å². The molecule has 21 heavy (non-hydrogen) atoms. The van der Waals surface area contributed by atoms with Crippen LogP contribution in [0.4, 0.5) is 5.69 Å². The summed E-state index contributed by atoms with van der Waals surface area (Å²) in [7, 11) is 0. The van der Waals surface area contributed by atoms with E-state index >= 15 is 0 Å². The molecule has 1 atom stereocenters. The van der Waals surface area contributed by atoms with Crippen LogP contribution in [0, 0.1) is 10.1 Å². The van der Waals surface area contributed by atoms with Crippen molar-refractivity contribution in [1.82, 2.24) is 14.8 Å². The highest BCUT2D eigenvalue weighted by Crippen LogP contribution is 2.27. The van der Waals surface area contributed by atoms with E-state index in [2.05, 4.69) is 10.1 Å². The molecule has 0 amide bonds. The van der Waals surface area contributed by atoms with Gasteiger partial charge in [-0.1, -0.05) is 19.9 Å². The predicted octanol–water partition coefficient (Wildman–Crippen LogP) is 2.35. The fraction of sp³-hybridized carbons (Fsp3) is 0.429. The molecule has 7 heteroatoms. The average molecular weight is 290 g/mol. The van der Waals surface area contributed by atoms with Crippen molar-refractivity contribution < 1.29 is 10.0 Å². The van der Waals surface area contributed by atoms with Gasteiger partial charge in [0.1, 0.15) is 11.5 Å². The van der Waals surface area contributed by atoms with Gasteiger partial charge in [-0.2, -0.15) is 5.10 Å². The first-order chi connectivity index (χ1) is 9.97. The standard InChI is InChI=1S/C14H18N4O3/c1-4-13-15-14(5-2)17(16-13)11-7-6-10(9(3)19)8-12(11)18(20)21/h6-9,19H,4-5H2,1-3H3/t9-/m0/s1. The van der Waals surface area contributed by atoms with Crippen LogP contribution in [0.15, 0.2) is 18.2 Å². The molecule has 0 aliphatic heterocycles. The second-order valence-corrected chi connectivity index (χ2v) is 4.74. The number of benzene rings is 1. The molecule has 0 aliphatic carbocycles. The Morgan fingerprint density at radius 1 is 1.38 bits per heavy atom. The van der Waals surface area contributed by atoms with Gasteiger partial charge < -0.3 is 5.11 Å². The van der Waals surface area contributed by atoms with Crippen molar-refractivity contribution in [3.63, 3.8) is 0 Å². The first-order valence-electron chi connectivity index (χ1n) is 6.89. The zero-order valence-electron chi connectivity index (χ0n) is 12.3. The third-order valence-corrected chi connectivity index (χ3v) is 3.26. The molecule has 112 valence electrons. The van der Waals surface area contributed by atoms with E-state index in [0.717, 1.165) is 0 Å². The maximum atomic E-state index is 11.3. The highest BCUT2D eigenvalue weighted by Gasteiger charge is 2.21. The van der Waals surface area contributed by atoms with Crippen LogP contribution in [0.3, 0.4) is 0 Å². The zero-order chi connectivity index (χ0) is 15.6. The van der Waals surface area contributed by atoms with E-state index in [1.807, 2.05) is 13.8 Å². The monoisotopic (exact) mass is 290 g/mol. The van der Waals surface area contributed by atoms with Crippen LogP contribution in [-0.4, -0.2) is 24.8 Å². The van der Waals surface area contributed by atoms with Gasteiger partial charge >= 0.3 is 0 Å². The summed E-state index contributed by atoms with van der Waals surface area (Å²) in [6.45, 7) is 5.43. The minimum atomic E-state index is -0.759. The molecule has 0 spiro atoms. The summed E-state index contributed by atoms with van der Waals surface area (Å²) >= 11 is 0. The molecule has 0 aliphatic rings. The zero-order valence-corrected chi connectivity index (χ0v) is 12.3. The van der Waals surface area contributed by atoms with Gasteiger partial charge in [-0.05, 0) is 18.6 Å². The number of nitrogens with zero attached hydrogens (tertiary/aromatic N) is 4. The first kappa shape index (κ1) is 15.1. The van der Waals surface area contributed by atoms with Crippen LogP contribution < -0.4 is 0 Å². The first-order valence-corrected chi connectivity index (χ1v) is 6.89. The highest BCUT2D eigenvalue weighted by molar-refractivity contribution is 5.54. The van der Waals surface area contributed by atoms with Crippen LogP contribution in [0.5, 0.6) is 0 Å². The van der Waals surface area contributed by atoms with Gasteiger partial charge in [-0.15, -0.1) is 0 Å². The van der Waals surface area contributed by atoms with Gasteiger partial charge in [0.15, 0.2) is 5.82 Å². The van der Waals surface area contributed by atoms with Gasteiger partial charge in [0, 0.05) is 18.9 Å². The molecule has 2 rings (SSSR count). The summed E-state index contributed by atoms with van der Waals surface area (Å²) < 4.78 is 1.52. The van der Waals surface area contributed by atoms with Crippen LogP contribution >= 0.6 is 0 Å². The Kier molecular flexibility index (Phi) is 4.32. The highest BCUT2D eigenvalue weighted by atomic mass is 16.6. The van der Waals surface area contributed by atoms with E-state index < -0.39 is 11.0 Å². The fourth-order valence-electron chi connectivity index (χ4n) is 2.09. The molecule has 1 N–H and O–H groups in total. The number of aromatic nitrogens is 3. The third-order valence-electron chi connectivity index (χ3n) is 3.26. The summed E-state index contributed by atoms with van der Waals surface area (Å²) in [6.07, 6.45) is 0.535. The van der Waals surface area contributed by atoms with E-state index in [1.165, 1.54) is 10.7 Å². The number of hydrogen-bond acceptors (Lipinski definition) is 5. The summed E-state index contributed by atoms with van der Waals surface area (Å²) in [5.41, 5.74) is 0.781. The number of nitro groups is 1. The van der Waals surface area contributed by atoms with Crippen LogP contribution in [0.25, 0.3) is 5.69 Å². The van der Waals surface area contributed by atoms with E-state index in [9.17, 15) is 15.2 Å². The van der Waals surface area contributed by atoms with Crippen molar-refractivity contribution in [3.8, 4) is 5.69 Å². The van der Waals surface area contributed by atoms with E-state index in [1.54, 1.807) is 19.1 Å². The minimum Gasteiger partial charge on any atom is -0.389 e. The molecule has 0 bridgehead atoms. The van der Waals surface area contributed by atoms with Crippen molar-refractivity contribution >= 4 is 5.69 Å².